The van der Waals surface area contributed by atoms with Gasteiger partial charge in [0, 0.05) is 12.6 Å². The minimum atomic E-state index is -4.85. The zero-order valence-electron chi connectivity index (χ0n) is 18.6. The van der Waals surface area contributed by atoms with Crippen molar-refractivity contribution in [2.24, 2.45) is 0 Å². The number of rotatable bonds is 8. The van der Waals surface area contributed by atoms with Crippen LogP contribution in [-0.4, -0.2) is 40.8 Å². The lowest BCUT2D eigenvalue weighted by Gasteiger charge is -2.18. The van der Waals surface area contributed by atoms with Gasteiger partial charge in [0.05, 0.1) is 33.1 Å². The third kappa shape index (κ3) is 5.86. The summed E-state index contributed by atoms with van der Waals surface area (Å²) in [4.78, 5) is 28.6. The Kier molecular flexibility index (Phi) is 7.14. The monoisotopic (exact) mass is 550 g/mol. The van der Waals surface area contributed by atoms with Gasteiger partial charge in [-0.05, 0) is 41.4 Å². The van der Waals surface area contributed by atoms with E-state index in [0.29, 0.717) is 22.4 Å². The van der Waals surface area contributed by atoms with Gasteiger partial charge in [-0.3, -0.25) is 9.52 Å². The first-order chi connectivity index (χ1) is 17.5. The van der Waals surface area contributed by atoms with E-state index in [0.717, 1.165) is 17.6 Å². The molecule has 2 heterocycles. The SMILES string of the molecule is O=C(NC(Cc1ccccc1)C(=O)O)c1ccc(C(F)(F)F)cc1NS(=O)(=O)c1nccc2sncc12. The van der Waals surface area contributed by atoms with Crippen LogP contribution in [0.3, 0.4) is 0 Å². The second-order valence-electron chi connectivity index (χ2n) is 7.77. The molecule has 9 nitrogen and oxygen atoms in total. The summed E-state index contributed by atoms with van der Waals surface area (Å²) in [5, 5.41) is 11.5. The molecule has 0 fully saturated rings. The molecule has 0 saturated carbocycles. The first-order valence-corrected chi connectivity index (χ1v) is 12.7. The number of alkyl halides is 3. The summed E-state index contributed by atoms with van der Waals surface area (Å²) < 4.78 is 72.8. The maximum absolute atomic E-state index is 13.4. The number of carboxylic acids is 1. The fourth-order valence-corrected chi connectivity index (χ4v) is 5.38. The van der Waals surface area contributed by atoms with Crippen LogP contribution in [0.5, 0.6) is 0 Å². The number of carbonyl (C=O) groups is 2. The molecule has 0 saturated heterocycles. The van der Waals surface area contributed by atoms with Gasteiger partial charge < -0.3 is 10.4 Å². The Morgan fingerprint density at radius 2 is 1.81 bits per heavy atom. The number of nitrogens with zero attached hydrogens (tertiary/aromatic N) is 2. The normalized spacial score (nSPS) is 12.7. The average Bonchev–Trinajstić information content (AvgIpc) is 3.32. The highest BCUT2D eigenvalue weighted by atomic mass is 32.2. The lowest BCUT2D eigenvalue weighted by atomic mass is 10.0. The van der Waals surface area contributed by atoms with Gasteiger partial charge in [0.25, 0.3) is 15.9 Å². The smallest absolute Gasteiger partial charge is 0.416 e. The molecule has 0 bridgehead atoms. The average molecular weight is 551 g/mol. The molecule has 0 spiro atoms. The fourth-order valence-electron chi connectivity index (χ4n) is 3.47. The van der Waals surface area contributed by atoms with Crippen LogP contribution in [0.1, 0.15) is 21.5 Å². The number of aliphatic carboxylic acids is 1. The predicted molar refractivity (Wildman–Crippen MR) is 129 cm³/mol. The number of carbonyl (C=O) groups excluding carboxylic acids is 1. The van der Waals surface area contributed by atoms with Crippen LogP contribution < -0.4 is 10.0 Å². The second kappa shape index (κ2) is 10.1. The van der Waals surface area contributed by atoms with Crippen LogP contribution in [0.15, 0.2) is 72.0 Å². The molecule has 3 N–H and O–H groups in total. The zero-order chi connectivity index (χ0) is 26.8. The van der Waals surface area contributed by atoms with Gasteiger partial charge in [-0.1, -0.05) is 30.3 Å². The van der Waals surface area contributed by atoms with Crippen molar-refractivity contribution in [2.75, 3.05) is 4.72 Å². The van der Waals surface area contributed by atoms with Gasteiger partial charge in [0.1, 0.15) is 6.04 Å². The second-order valence-corrected chi connectivity index (χ2v) is 10.2. The van der Waals surface area contributed by atoms with Crippen LogP contribution in [0.2, 0.25) is 0 Å². The molecule has 37 heavy (non-hydrogen) atoms. The van der Waals surface area contributed by atoms with E-state index in [2.05, 4.69) is 14.7 Å². The molecule has 2 aromatic heterocycles. The van der Waals surface area contributed by atoms with Gasteiger partial charge in [0.15, 0.2) is 5.03 Å². The number of benzene rings is 2. The zero-order valence-corrected chi connectivity index (χ0v) is 20.2. The largest absolute Gasteiger partial charge is 0.480 e. The van der Waals surface area contributed by atoms with Gasteiger partial charge in [-0.25, -0.2) is 9.78 Å². The van der Waals surface area contributed by atoms with Crippen molar-refractivity contribution in [3.8, 4) is 0 Å². The third-order valence-corrected chi connectivity index (χ3v) is 7.31. The standard InChI is InChI=1S/C23H17F3N4O5S2/c24-23(25,26)14-6-7-15(20(31)29-18(22(32)33)10-13-4-2-1-3-5-13)17(11-14)30-37(34,35)21-16-12-28-36-19(16)8-9-27-21/h1-9,11-12,18,30H,10H2,(H,29,31)(H,32,33). The van der Waals surface area contributed by atoms with Crippen molar-refractivity contribution < 1.29 is 36.3 Å². The van der Waals surface area contributed by atoms with Crippen molar-refractivity contribution >= 4 is 49.2 Å². The minimum Gasteiger partial charge on any atom is -0.480 e. The Hall–Kier alpha value is -4.04. The molecule has 0 aliphatic carbocycles. The molecule has 1 amide bonds. The summed E-state index contributed by atoms with van der Waals surface area (Å²) in [5.41, 5.74) is -1.83. The topological polar surface area (TPSA) is 138 Å². The summed E-state index contributed by atoms with van der Waals surface area (Å²) in [5.74, 6) is -2.47. The predicted octanol–water partition coefficient (Wildman–Crippen LogP) is 3.94. The summed E-state index contributed by atoms with van der Waals surface area (Å²) in [7, 11) is -4.58. The van der Waals surface area contributed by atoms with Crippen molar-refractivity contribution in [3.63, 3.8) is 0 Å². The van der Waals surface area contributed by atoms with Crippen LogP contribution in [0, 0.1) is 0 Å². The molecule has 1 unspecified atom stereocenters. The number of fused-ring (bicyclic) bond motifs is 1. The Morgan fingerprint density at radius 3 is 2.49 bits per heavy atom. The van der Waals surface area contributed by atoms with Crippen LogP contribution in [-0.2, 0) is 27.4 Å². The number of halogens is 3. The Balaban J connectivity index is 1.71. The number of amides is 1. The molecule has 192 valence electrons. The lowest BCUT2D eigenvalue weighted by Crippen LogP contribution is -2.42. The Bertz CT molecular complexity index is 1570. The minimum absolute atomic E-state index is 0.110. The molecule has 4 rings (SSSR count). The Morgan fingerprint density at radius 1 is 1.08 bits per heavy atom. The quantitative estimate of drug-likeness (QED) is 0.302. The molecule has 0 aliphatic rings. The number of hydrogen-bond donors (Lipinski definition) is 3. The van der Waals surface area contributed by atoms with E-state index in [1.807, 2.05) is 4.72 Å². The highest BCUT2D eigenvalue weighted by molar-refractivity contribution is 7.92. The number of anilines is 1. The van der Waals surface area contributed by atoms with Gasteiger partial charge >= 0.3 is 12.1 Å². The van der Waals surface area contributed by atoms with Crippen LogP contribution in [0.25, 0.3) is 10.1 Å². The van der Waals surface area contributed by atoms with Gasteiger partial charge in [-0.2, -0.15) is 26.0 Å². The van der Waals surface area contributed by atoms with Gasteiger partial charge in [-0.15, -0.1) is 0 Å². The summed E-state index contributed by atoms with van der Waals surface area (Å²) in [6.07, 6.45) is -2.50. The maximum Gasteiger partial charge on any atom is 0.416 e. The van der Waals surface area contributed by atoms with Crippen LogP contribution >= 0.6 is 11.5 Å². The van der Waals surface area contributed by atoms with Crippen molar-refractivity contribution in [2.45, 2.75) is 23.7 Å². The highest BCUT2D eigenvalue weighted by Gasteiger charge is 2.33. The number of hydrogen-bond acceptors (Lipinski definition) is 7. The number of sulfonamides is 1. The fraction of sp³-hybridized carbons (Fsp3) is 0.130. The van der Waals surface area contributed by atoms with Crippen molar-refractivity contribution in [1.29, 1.82) is 0 Å². The first kappa shape index (κ1) is 26.0. The summed E-state index contributed by atoms with van der Waals surface area (Å²) >= 11 is 0.997. The third-order valence-electron chi connectivity index (χ3n) is 5.22. The van der Waals surface area contributed by atoms with E-state index in [4.69, 9.17) is 0 Å². The van der Waals surface area contributed by atoms with Gasteiger partial charge in [0.2, 0.25) is 0 Å². The number of carboxylic acid groups (broad SMARTS) is 1. The van der Waals surface area contributed by atoms with Crippen molar-refractivity contribution in [1.82, 2.24) is 14.7 Å². The molecule has 4 aromatic rings. The first-order valence-electron chi connectivity index (χ1n) is 10.5. The number of nitrogens with one attached hydrogen (secondary N) is 2. The molecule has 0 radical (unpaired) electrons. The molecule has 14 heteroatoms. The maximum atomic E-state index is 13.4. The lowest BCUT2D eigenvalue weighted by molar-refractivity contribution is -0.139. The van der Waals surface area contributed by atoms with E-state index in [-0.39, 0.29) is 11.8 Å². The summed E-state index contributed by atoms with van der Waals surface area (Å²) in [6.45, 7) is 0. The molecule has 0 aliphatic heterocycles. The van der Waals surface area contributed by atoms with Crippen molar-refractivity contribution in [3.05, 3.63) is 83.7 Å². The molecular weight excluding hydrogens is 533 g/mol. The van der Waals surface area contributed by atoms with E-state index in [1.54, 1.807) is 30.3 Å². The van der Waals surface area contributed by atoms with Crippen LogP contribution in [0.4, 0.5) is 18.9 Å². The van der Waals surface area contributed by atoms with E-state index < -0.39 is 56.0 Å². The summed E-state index contributed by atoms with van der Waals surface area (Å²) in [6, 6.07) is 10.3. The van der Waals surface area contributed by atoms with E-state index in [1.165, 1.54) is 18.5 Å². The van der Waals surface area contributed by atoms with E-state index in [9.17, 15) is 36.3 Å². The van der Waals surface area contributed by atoms with E-state index >= 15 is 0 Å². The molecule has 1 atom stereocenters. The highest BCUT2D eigenvalue weighted by Crippen LogP contribution is 2.33. The number of aromatic nitrogens is 2. The molecule has 2 aromatic carbocycles. The number of pyridine rings is 1. The molecular formula is C23H17F3N4O5S2. The Labute approximate surface area is 212 Å².